The van der Waals surface area contributed by atoms with Crippen molar-refractivity contribution in [2.45, 2.75) is 49.5 Å². The number of rotatable bonds is 5. The summed E-state index contributed by atoms with van der Waals surface area (Å²) in [4.78, 5) is 11.6. The Hall–Kier alpha value is -2.12. The molecular formula is C19H26N2O6S. The minimum Gasteiger partial charge on any atom is -0.481 e. The Bertz CT molecular complexity index is 849. The minimum absolute atomic E-state index is 0.0229. The summed E-state index contributed by atoms with van der Waals surface area (Å²) in [7, 11) is -3.88. The van der Waals surface area contributed by atoms with Gasteiger partial charge in [0.1, 0.15) is 12.4 Å². The van der Waals surface area contributed by atoms with Crippen LogP contribution in [0.4, 0.5) is 0 Å². The van der Waals surface area contributed by atoms with Gasteiger partial charge in [-0.25, -0.2) is 13.9 Å². The van der Waals surface area contributed by atoms with Crippen molar-refractivity contribution < 1.29 is 28.3 Å². The molecule has 1 heterocycles. The topological polar surface area (TPSA) is 125 Å². The summed E-state index contributed by atoms with van der Waals surface area (Å²) in [5, 5.41) is 20.4. The van der Waals surface area contributed by atoms with Gasteiger partial charge in [0.05, 0.1) is 22.3 Å². The molecule has 28 heavy (non-hydrogen) atoms. The van der Waals surface area contributed by atoms with Gasteiger partial charge in [0.2, 0.25) is 0 Å². The number of aliphatic hydroxyl groups excluding tert-OH is 1. The van der Waals surface area contributed by atoms with E-state index in [0.29, 0.717) is 5.75 Å². The van der Waals surface area contributed by atoms with E-state index in [1.807, 2.05) is 20.8 Å². The number of β-amino-alcohol motifs (C(OH)–C–C–N with tert-alkyl or cyclic N) is 1. The number of nitrogens with one attached hydrogen (secondary N) is 2. The molecule has 4 N–H and O–H groups in total. The monoisotopic (exact) mass is 410 g/mol. The molecule has 8 nitrogen and oxygen atoms in total. The van der Waals surface area contributed by atoms with E-state index in [4.69, 9.17) is 9.94 Å². The van der Waals surface area contributed by atoms with Crippen LogP contribution in [0.25, 0.3) is 0 Å². The second-order valence-electron chi connectivity index (χ2n) is 7.64. The summed E-state index contributed by atoms with van der Waals surface area (Å²) < 4.78 is 31.3. The average molecular weight is 410 g/mol. The van der Waals surface area contributed by atoms with Crippen molar-refractivity contribution in [3.63, 3.8) is 0 Å². The largest absolute Gasteiger partial charge is 0.481 e. The fraction of sp³-hybridized carbons (Fsp3) is 0.526. The molecule has 1 aliphatic heterocycles. The van der Waals surface area contributed by atoms with Crippen LogP contribution in [-0.4, -0.2) is 55.2 Å². The van der Waals surface area contributed by atoms with Crippen LogP contribution in [-0.2, 0) is 14.6 Å². The van der Waals surface area contributed by atoms with E-state index < -0.39 is 33.1 Å². The van der Waals surface area contributed by atoms with Gasteiger partial charge in [-0.15, -0.1) is 0 Å². The lowest BCUT2D eigenvalue weighted by molar-refractivity contribution is -0.132. The van der Waals surface area contributed by atoms with Crippen LogP contribution in [0.5, 0.6) is 5.75 Å². The van der Waals surface area contributed by atoms with Crippen molar-refractivity contribution in [1.29, 1.82) is 0 Å². The van der Waals surface area contributed by atoms with Crippen molar-refractivity contribution in [1.82, 2.24) is 10.8 Å². The van der Waals surface area contributed by atoms with Gasteiger partial charge in [0, 0.05) is 12.0 Å². The van der Waals surface area contributed by atoms with Crippen LogP contribution >= 0.6 is 0 Å². The zero-order valence-corrected chi connectivity index (χ0v) is 16.9. The number of aliphatic hydroxyl groups is 1. The number of piperidine rings is 1. The van der Waals surface area contributed by atoms with Crippen LogP contribution < -0.4 is 15.5 Å². The summed E-state index contributed by atoms with van der Waals surface area (Å²) in [6.45, 7) is 6.08. The van der Waals surface area contributed by atoms with Crippen molar-refractivity contribution >= 4 is 15.7 Å². The first-order chi connectivity index (χ1) is 13.0. The summed E-state index contributed by atoms with van der Waals surface area (Å²) in [6.07, 6.45) is -1.33. The maximum atomic E-state index is 12.9. The first kappa shape index (κ1) is 22.2. The molecule has 0 aromatic heterocycles. The molecule has 0 aliphatic carbocycles. The summed E-state index contributed by atoms with van der Waals surface area (Å²) in [5.74, 6) is 5.68. The van der Waals surface area contributed by atoms with Gasteiger partial charge < -0.3 is 15.2 Å². The van der Waals surface area contributed by atoms with Gasteiger partial charge in [-0.2, -0.15) is 0 Å². The smallest absolute Gasteiger partial charge is 0.260 e. The lowest BCUT2D eigenvalue weighted by Crippen LogP contribution is -2.57. The Balaban J connectivity index is 2.10. The van der Waals surface area contributed by atoms with Crippen LogP contribution in [0.2, 0.25) is 0 Å². The highest BCUT2D eigenvalue weighted by Gasteiger charge is 2.41. The van der Waals surface area contributed by atoms with Crippen molar-refractivity contribution in [2.75, 3.05) is 13.2 Å². The minimum atomic E-state index is -3.88. The average Bonchev–Trinajstić information content (AvgIpc) is 2.64. The Morgan fingerprint density at radius 3 is 2.54 bits per heavy atom. The van der Waals surface area contributed by atoms with Crippen LogP contribution in [0.1, 0.15) is 27.2 Å². The Morgan fingerprint density at radius 1 is 1.32 bits per heavy atom. The van der Waals surface area contributed by atoms with Crippen LogP contribution in [0.15, 0.2) is 29.2 Å². The van der Waals surface area contributed by atoms with E-state index in [1.54, 1.807) is 0 Å². The predicted octanol–water partition coefficient (Wildman–Crippen LogP) is 0.485. The van der Waals surface area contributed by atoms with Crippen molar-refractivity contribution in [3.8, 4) is 17.6 Å². The molecule has 1 aromatic carbocycles. The first-order valence-corrected chi connectivity index (χ1v) is 10.4. The van der Waals surface area contributed by atoms with Gasteiger partial charge >= 0.3 is 0 Å². The van der Waals surface area contributed by atoms with E-state index in [-0.39, 0.29) is 29.9 Å². The molecule has 1 aromatic rings. The molecule has 3 unspecified atom stereocenters. The number of carbonyl (C=O) groups excluding carboxylic acids is 1. The molecule has 2 rings (SSSR count). The maximum absolute atomic E-state index is 12.9. The number of carbonyl (C=O) groups is 1. The van der Waals surface area contributed by atoms with E-state index in [1.165, 1.54) is 29.7 Å². The highest BCUT2D eigenvalue weighted by Crippen LogP contribution is 2.26. The van der Waals surface area contributed by atoms with Crippen molar-refractivity contribution in [2.24, 2.45) is 5.41 Å². The molecule has 0 radical (unpaired) electrons. The van der Waals surface area contributed by atoms with E-state index in [0.717, 1.165) is 0 Å². The Labute approximate surface area is 165 Å². The fourth-order valence-electron chi connectivity index (χ4n) is 2.80. The number of benzene rings is 1. The third-order valence-electron chi connectivity index (χ3n) is 4.22. The molecule has 0 bridgehead atoms. The molecule has 1 aliphatic rings. The first-order valence-electron chi connectivity index (χ1n) is 8.87. The number of sulfone groups is 1. The van der Waals surface area contributed by atoms with Gasteiger partial charge in [0.25, 0.3) is 5.91 Å². The number of hydrogen-bond acceptors (Lipinski definition) is 7. The molecule has 9 heteroatoms. The fourth-order valence-corrected chi connectivity index (χ4v) is 4.62. The lowest BCUT2D eigenvalue weighted by atomic mass is 9.98. The number of amides is 1. The normalized spacial score (nSPS) is 22.7. The summed E-state index contributed by atoms with van der Waals surface area (Å²) in [6, 6.07) is 4.95. The third-order valence-corrected chi connectivity index (χ3v) is 6.46. The standard InChI is InChI=1S/C19H26N2O6S/c1-19(2,3)9-4-10-27-13-5-7-14(8-6-13)28(25,26)17-11-15(18(23)21-24)20-12-16(17)22/h5-8,15-17,20,22,24H,10-12H2,1-3H3,(H,21,23). The van der Waals surface area contributed by atoms with Gasteiger partial charge in [0.15, 0.2) is 9.84 Å². The van der Waals surface area contributed by atoms with Gasteiger partial charge in [-0.3, -0.25) is 10.0 Å². The molecule has 3 atom stereocenters. The number of hydrogen-bond donors (Lipinski definition) is 4. The zero-order valence-electron chi connectivity index (χ0n) is 16.1. The number of ether oxygens (including phenoxy) is 1. The SMILES string of the molecule is CC(C)(C)C#CCOc1ccc(S(=O)(=O)C2CC(C(=O)NO)NCC2O)cc1. The van der Waals surface area contributed by atoms with Gasteiger partial charge in [-0.1, -0.05) is 11.8 Å². The molecule has 1 amide bonds. The third kappa shape index (κ3) is 5.69. The second kappa shape index (κ2) is 8.92. The molecule has 1 fully saturated rings. The Kier molecular flexibility index (Phi) is 7.06. The van der Waals surface area contributed by atoms with Crippen LogP contribution in [0, 0.1) is 17.3 Å². The summed E-state index contributed by atoms with van der Waals surface area (Å²) in [5.41, 5.74) is 1.37. The molecule has 154 valence electrons. The summed E-state index contributed by atoms with van der Waals surface area (Å²) >= 11 is 0. The van der Waals surface area contributed by atoms with E-state index in [9.17, 15) is 18.3 Å². The number of hydroxylamine groups is 1. The van der Waals surface area contributed by atoms with Crippen LogP contribution in [0.3, 0.4) is 0 Å². The lowest BCUT2D eigenvalue weighted by Gasteiger charge is -2.32. The predicted molar refractivity (Wildman–Crippen MR) is 102 cm³/mol. The highest BCUT2D eigenvalue weighted by molar-refractivity contribution is 7.92. The highest BCUT2D eigenvalue weighted by atomic mass is 32.2. The molecule has 0 saturated carbocycles. The van der Waals surface area contributed by atoms with Gasteiger partial charge in [-0.05, 0) is 51.5 Å². The zero-order chi connectivity index (χ0) is 20.9. The van der Waals surface area contributed by atoms with E-state index >= 15 is 0 Å². The Morgan fingerprint density at radius 2 is 1.96 bits per heavy atom. The molecule has 1 saturated heterocycles. The quantitative estimate of drug-likeness (QED) is 0.316. The maximum Gasteiger partial charge on any atom is 0.260 e. The van der Waals surface area contributed by atoms with Crippen molar-refractivity contribution in [3.05, 3.63) is 24.3 Å². The van der Waals surface area contributed by atoms with E-state index in [2.05, 4.69) is 17.2 Å². The second-order valence-corrected chi connectivity index (χ2v) is 9.80. The molecular weight excluding hydrogens is 384 g/mol. The molecule has 0 spiro atoms.